The third-order valence-electron chi connectivity index (χ3n) is 10.0. The molecule has 2 N–H and O–H groups in total. The molecule has 0 aliphatic rings. The lowest BCUT2D eigenvalue weighted by molar-refractivity contribution is 0.215. The molecule has 55 heavy (non-hydrogen) atoms. The molecule has 0 saturated carbocycles. The van der Waals surface area contributed by atoms with Gasteiger partial charge in [-0.1, -0.05) is 116 Å². The van der Waals surface area contributed by atoms with Gasteiger partial charge in [-0.25, -0.2) is 4.57 Å². The van der Waals surface area contributed by atoms with Crippen LogP contribution in [0.25, 0.3) is 0 Å². The van der Waals surface area contributed by atoms with Crippen LogP contribution in [0.2, 0.25) is 0 Å². The first-order valence-corrected chi connectivity index (χ1v) is 22.7. The Bertz CT molecular complexity index is 1440. The van der Waals surface area contributed by atoms with Crippen molar-refractivity contribution in [1.29, 1.82) is 0 Å². The Morgan fingerprint density at radius 1 is 0.345 bits per heavy atom. The lowest BCUT2D eigenvalue weighted by atomic mass is 10.0. The van der Waals surface area contributed by atoms with Crippen molar-refractivity contribution in [2.75, 3.05) is 6.61 Å². The maximum Gasteiger partial charge on any atom is 0.469 e. The summed E-state index contributed by atoms with van der Waals surface area (Å²) in [7, 11) is -4.40. The number of hydrogen-bond acceptors (Lipinski definition) is 2. The second-order valence-corrected chi connectivity index (χ2v) is 17.6. The third kappa shape index (κ3) is 36.9. The molecule has 0 rings (SSSR count). The van der Waals surface area contributed by atoms with Crippen molar-refractivity contribution in [2.45, 2.75) is 192 Å². The SMILES string of the molecule is CC(C)=CCC/C(C)=C/CC/C(C)=C\CC/C(C)=C\CC/C(C)=C\CC/C(C)=C\CC/C(C)=C\CC/C(C)=C\CC/C(C)=C\CC/C(C)=C\COP(=O)(O)O. The zero-order valence-corrected chi connectivity index (χ0v) is 38.3. The van der Waals surface area contributed by atoms with Gasteiger partial charge in [-0.05, 0) is 192 Å². The highest BCUT2D eigenvalue weighted by Crippen LogP contribution is 2.35. The highest BCUT2D eigenvalue weighted by Gasteiger charge is 2.11. The van der Waals surface area contributed by atoms with Gasteiger partial charge in [0.1, 0.15) is 0 Å². The van der Waals surface area contributed by atoms with Crippen LogP contribution in [0.5, 0.6) is 0 Å². The second-order valence-electron chi connectivity index (χ2n) is 16.4. The Morgan fingerprint density at radius 3 is 0.709 bits per heavy atom. The minimum absolute atomic E-state index is 0.0544. The first-order chi connectivity index (χ1) is 26.0. The summed E-state index contributed by atoms with van der Waals surface area (Å²) in [5.74, 6) is 0. The number of phosphoric acid groups is 1. The third-order valence-corrected chi connectivity index (χ3v) is 10.5. The molecule has 312 valence electrons. The van der Waals surface area contributed by atoms with E-state index in [0.717, 1.165) is 102 Å². The van der Waals surface area contributed by atoms with Crippen molar-refractivity contribution in [2.24, 2.45) is 0 Å². The van der Waals surface area contributed by atoms with Crippen molar-refractivity contribution in [1.82, 2.24) is 0 Å². The maximum absolute atomic E-state index is 10.8. The minimum atomic E-state index is -4.40. The molecule has 0 aromatic carbocycles. The van der Waals surface area contributed by atoms with E-state index in [4.69, 9.17) is 9.79 Å². The van der Waals surface area contributed by atoms with Crippen LogP contribution in [0.4, 0.5) is 0 Å². The number of hydrogen-bond donors (Lipinski definition) is 2. The molecule has 0 saturated heterocycles. The lowest BCUT2D eigenvalue weighted by Gasteiger charge is -2.04. The van der Waals surface area contributed by atoms with E-state index in [2.05, 4.69) is 128 Å². The molecule has 0 bridgehead atoms. The van der Waals surface area contributed by atoms with Gasteiger partial charge in [-0.2, -0.15) is 0 Å². The average Bonchev–Trinajstić information content (AvgIpc) is 3.07. The van der Waals surface area contributed by atoms with E-state index in [1.807, 2.05) is 6.92 Å². The zero-order valence-electron chi connectivity index (χ0n) is 37.4. The Morgan fingerprint density at radius 2 is 0.527 bits per heavy atom. The summed E-state index contributed by atoms with van der Waals surface area (Å²) >= 11 is 0. The van der Waals surface area contributed by atoms with Crippen LogP contribution in [-0.4, -0.2) is 16.4 Å². The predicted octanol–water partition coefficient (Wildman–Crippen LogP) is 16.6. The maximum atomic E-state index is 10.8. The molecular weight excluding hydrogens is 696 g/mol. The van der Waals surface area contributed by atoms with Crippen LogP contribution in [0.1, 0.15) is 192 Å². The molecule has 0 heterocycles. The summed E-state index contributed by atoms with van der Waals surface area (Å²) < 4.78 is 15.2. The Balaban J connectivity index is 4.26. The van der Waals surface area contributed by atoms with Gasteiger partial charge in [0.15, 0.2) is 0 Å². The normalized spacial score (nSPS) is 15.0. The van der Waals surface area contributed by atoms with Crippen molar-refractivity contribution < 1.29 is 18.9 Å². The molecule has 0 aliphatic heterocycles. The van der Waals surface area contributed by atoms with Gasteiger partial charge >= 0.3 is 7.82 Å². The van der Waals surface area contributed by atoms with E-state index in [9.17, 15) is 4.57 Å². The molecule has 0 aromatic heterocycles. The summed E-state index contributed by atoms with van der Waals surface area (Å²) in [5, 5.41) is 0. The molecule has 0 radical (unpaired) electrons. The predicted molar refractivity (Wildman–Crippen MR) is 244 cm³/mol. The van der Waals surface area contributed by atoms with Crippen LogP contribution >= 0.6 is 7.82 Å². The lowest BCUT2D eigenvalue weighted by Crippen LogP contribution is -1.89. The van der Waals surface area contributed by atoms with Gasteiger partial charge in [0, 0.05) is 0 Å². The molecule has 0 spiro atoms. The number of rotatable bonds is 30. The Labute approximate surface area is 340 Å². The molecule has 0 fully saturated rings. The van der Waals surface area contributed by atoms with E-state index in [1.54, 1.807) is 6.08 Å². The van der Waals surface area contributed by atoms with E-state index in [0.29, 0.717) is 0 Å². The summed E-state index contributed by atoms with van der Waals surface area (Å²) in [6, 6.07) is 0. The van der Waals surface area contributed by atoms with Gasteiger partial charge in [0.2, 0.25) is 0 Å². The zero-order chi connectivity index (χ0) is 41.5. The van der Waals surface area contributed by atoms with Crippen molar-refractivity contribution in [3.63, 3.8) is 0 Å². The molecule has 4 nitrogen and oxygen atoms in total. The molecular formula is C50H83O4P. The van der Waals surface area contributed by atoms with Crippen LogP contribution in [0.3, 0.4) is 0 Å². The smallest absolute Gasteiger partial charge is 0.303 e. The first-order valence-electron chi connectivity index (χ1n) is 21.2. The Hall–Kier alpha value is -2.49. The van der Waals surface area contributed by atoms with E-state index in [-0.39, 0.29) is 6.61 Å². The number of allylic oxidation sites excluding steroid dienone is 19. The summed E-state index contributed by atoms with van der Waals surface area (Å²) in [4.78, 5) is 17.5. The average molecular weight is 779 g/mol. The van der Waals surface area contributed by atoms with Gasteiger partial charge in [0.25, 0.3) is 0 Å². The highest BCUT2D eigenvalue weighted by atomic mass is 31.2. The van der Waals surface area contributed by atoms with E-state index < -0.39 is 7.82 Å². The van der Waals surface area contributed by atoms with Gasteiger partial charge in [0.05, 0.1) is 6.61 Å². The van der Waals surface area contributed by atoms with Crippen molar-refractivity contribution in [3.8, 4) is 0 Å². The van der Waals surface area contributed by atoms with Gasteiger partial charge in [-0.3, -0.25) is 4.52 Å². The van der Waals surface area contributed by atoms with E-state index in [1.165, 1.54) is 69.4 Å². The topological polar surface area (TPSA) is 66.8 Å². The van der Waals surface area contributed by atoms with Crippen LogP contribution in [0.15, 0.2) is 116 Å². The monoisotopic (exact) mass is 779 g/mol. The molecule has 0 atom stereocenters. The quantitative estimate of drug-likeness (QED) is 0.0563. The summed E-state index contributed by atoms with van der Waals surface area (Å²) in [6.45, 7) is 24.4. The molecule has 5 heteroatoms. The van der Waals surface area contributed by atoms with Gasteiger partial charge < -0.3 is 9.79 Å². The standard InChI is InChI=1S/C50H83O4P/c1-41(2)21-12-22-42(3)23-13-24-43(4)25-14-26-44(5)27-15-28-45(6)29-16-30-46(7)31-17-32-47(8)33-18-34-48(9)35-19-36-49(10)37-20-38-50(11)39-40-54-55(51,52)53/h21,23,25,27,29,31,33,35,37,39H,12-20,22,24,26,28,30,32,34,36,38,40H2,1-11H3,(H2,51,52,53)/b42-23+,43-25-,44-27-,45-29-,46-31-,47-33-,48-35-,49-37-,50-39-. The summed E-state index contributed by atoms with van der Waals surface area (Å²) in [6.07, 6.45) is 43.3. The number of phosphoric ester groups is 1. The fourth-order valence-corrected chi connectivity index (χ4v) is 6.42. The minimum Gasteiger partial charge on any atom is -0.303 e. The molecule has 0 amide bonds. The molecule has 0 aromatic rings. The largest absolute Gasteiger partial charge is 0.469 e. The first kappa shape index (κ1) is 52.5. The summed E-state index contributed by atoms with van der Waals surface area (Å²) in [5.41, 5.74) is 14.4. The Kier molecular flexibility index (Phi) is 31.1. The van der Waals surface area contributed by atoms with Crippen LogP contribution < -0.4 is 0 Å². The van der Waals surface area contributed by atoms with Crippen LogP contribution in [-0.2, 0) is 9.09 Å². The van der Waals surface area contributed by atoms with E-state index >= 15 is 0 Å². The van der Waals surface area contributed by atoms with Crippen molar-refractivity contribution in [3.05, 3.63) is 116 Å². The van der Waals surface area contributed by atoms with Gasteiger partial charge in [-0.15, -0.1) is 0 Å². The highest BCUT2D eigenvalue weighted by molar-refractivity contribution is 7.46. The second kappa shape index (κ2) is 32.6. The molecule has 0 unspecified atom stereocenters. The van der Waals surface area contributed by atoms with Crippen LogP contribution in [0, 0.1) is 0 Å². The molecule has 0 aliphatic carbocycles. The van der Waals surface area contributed by atoms with Crippen molar-refractivity contribution >= 4 is 7.82 Å². The fourth-order valence-electron chi connectivity index (χ4n) is 6.15. The fraction of sp³-hybridized carbons (Fsp3) is 0.600.